The number of aryl methyl sites for hydroxylation is 2. The molecule has 3 aromatic rings. The van der Waals surface area contributed by atoms with E-state index in [9.17, 15) is 32.3 Å². The Kier molecular flexibility index (Phi) is 11.1. The van der Waals surface area contributed by atoms with E-state index < -0.39 is 53.0 Å². The van der Waals surface area contributed by atoms with Crippen LogP contribution in [0.2, 0.25) is 5.02 Å². The van der Waals surface area contributed by atoms with Crippen molar-refractivity contribution < 1.29 is 37.0 Å². The normalized spacial score (nSPS) is 12.5. The Hall–Kier alpha value is -4.12. The van der Waals surface area contributed by atoms with E-state index in [1.807, 2.05) is 0 Å². The molecule has 12 heteroatoms. The molecule has 0 bridgehead atoms. The van der Waals surface area contributed by atoms with E-state index in [4.69, 9.17) is 21.1 Å². The summed E-state index contributed by atoms with van der Waals surface area (Å²) < 4.78 is 52.5. The van der Waals surface area contributed by atoms with Gasteiger partial charge in [0, 0.05) is 33.0 Å². The number of aromatic nitrogens is 1. The zero-order valence-electron chi connectivity index (χ0n) is 22.9. The van der Waals surface area contributed by atoms with E-state index >= 15 is 0 Å². The van der Waals surface area contributed by atoms with E-state index in [0.717, 1.165) is 17.6 Å². The van der Waals surface area contributed by atoms with Gasteiger partial charge in [-0.05, 0) is 42.7 Å². The molecule has 0 spiro atoms. The lowest BCUT2D eigenvalue weighted by Crippen LogP contribution is -2.44. The Morgan fingerprint density at radius 2 is 1.67 bits per heavy atom. The highest BCUT2D eigenvalue weighted by Gasteiger charge is 2.36. The van der Waals surface area contributed by atoms with Gasteiger partial charge in [-0.25, -0.2) is 4.79 Å². The van der Waals surface area contributed by atoms with Crippen molar-refractivity contribution in [2.45, 2.75) is 60.1 Å². The predicted molar refractivity (Wildman–Crippen MR) is 152 cm³/mol. The van der Waals surface area contributed by atoms with Gasteiger partial charge in [-0.1, -0.05) is 55.4 Å². The second-order valence-corrected chi connectivity index (χ2v) is 9.82. The number of esters is 2. The third kappa shape index (κ3) is 8.00. The predicted octanol–water partition coefficient (Wildman–Crippen LogP) is 5.77. The molecule has 0 aliphatic heterocycles. The van der Waals surface area contributed by atoms with E-state index in [1.165, 1.54) is 51.2 Å². The van der Waals surface area contributed by atoms with Crippen LogP contribution in [0.15, 0.2) is 53.3 Å². The minimum absolute atomic E-state index is 0. The summed E-state index contributed by atoms with van der Waals surface area (Å²) in [6.45, 7) is 5.53. The molecular weight excluding hydrogens is 577 g/mol. The highest BCUT2D eigenvalue weighted by molar-refractivity contribution is 6.34. The Morgan fingerprint density at radius 1 is 1.05 bits per heavy atom. The second kappa shape index (κ2) is 13.7. The molecule has 0 fully saturated rings. The Bertz CT molecular complexity index is 1510. The van der Waals surface area contributed by atoms with Crippen LogP contribution in [0.25, 0.3) is 11.1 Å². The number of nitrogens with zero attached hydrogens (tertiary/aromatic N) is 1. The minimum atomic E-state index is -4.76. The van der Waals surface area contributed by atoms with Gasteiger partial charge in [0.05, 0.1) is 21.7 Å². The van der Waals surface area contributed by atoms with Crippen molar-refractivity contribution in [1.29, 1.82) is 0 Å². The van der Waals surface area contributed by atoms with Crippen LogP contribution in [0.1, 0.15) is 54.0 Å². The van der Waals surface area contributed by atoms with Gasteiger partial charge in [-0.3, -0.25) is 14.4 Å². The molecule has 8 nitrogen and oxygen atoms in total. The number of benzene rings is 2. The second-order valence-electron chi connectivity index (χ2n) is 9.41. The standard InChI is InChI=1S/C29H28ClF3N2O6.CH4/c1-15-7-6-8-22(30)24(15)26(37)34-23(28(39)41-18(4)40-17(3)36)14-19-9-11-20(12-10-19)25-21(29(31,32)33)13-16(2)35(5)27(25)38;/h6-13,18,23H,14H2,1-5H3,(H,34,37);1H4. The highest BCUT2D eigenvalue weighted by atomic mass is 35.5. The summed E-state index contributed by atoms with van der Waals surface area (Å²) in [5, 5.41) is 2.74. The van der Waals surface area contributed by atoms with Gasteiger partial charge in [0.25, 0.3) is 11.5 Å². The van der Waals surface area contributed by atoms with Crippen LogP contribution in [0, 0.1) is 13.8 Å². The number of ether oxygens (including phenoxy) is 2. The average Bonchev–Trinajstić information content (AvgIpc) is 2.86. The molecule has 1 aromatic heterocycles. The molecule has 1 amide bonds. The molecule has 3 rings (SSSR count). The largest absolute Gasteiger partial charge is 0.426 e. The Morgan fingerprint density at radius 3 is 2.21 bits per heavy atom. The molecule has 0 radical (unpaired) electrons. The summed E-state index contributed by atoms with van der Waals surface area (Å²) in [5.74, 6) is -2.27. The molecule has 1 N–H and O–H groups in total. The van der Waals surface area contributed by atoms with Crippen LogP contribution < -0.4 is 10.9 Å². The van der Waals surface area contributed by atoms with Crippen molar-refractivity contribution in [3.8, 4) is 11.1 Å². The number of carbonyl (C=O) groups is 3. The Labute approximate surface area is 246 Å². The summed E-state index contributed by atoms with van der Waals surface area (Å²) in [4.78, 5) is 50.1. The maximum Gasteiger partial charge on any atom is 0.417 e. The monoisotopic (exact) mass is 608 g/mol. The molecular formula is C30H32ClF3N2O6. The van der Waals surface area contributed by atoms with Crippen molar-refractivity contribution in [3.63, 3.8) is 0 Å². The molecule has 2 aromatic carbocycles. The van der Waals surface area contributed by atoms with Gasteiger partial charge in [-0.2, -0.15) is 13.2 Å². The van der Waals surface area contributed by atoms with Gasteiger partial charge in [0.1, 0.15) is 6.04 Å². The fourth-order valence-corrected chi connectivity index (χ4v) is 4.52. The summed E-state index contributed by atoms with van der Waals surface area (Å²) in [6, 6.07) is 10.0. The van der Waals surface area contributed by atoms with Crippen molar-refractivity contribution in [2.75, 3.05) is 0 Å². The number of halogens is 4. The van der Waals surface area contributed by atoms with Crippen LogP contribution in [-0.2, 0) is 38.7 Å². The third-order valence-corrected chi connectivity index (χ3v) is 6.63. The first-order valence-corrected chi connectivity index (χ1v) is 12.8. The maximum atomic E-state index is 13.8. The lowest BCUT2D eigenvalue weighted by Gasteiger charge is -2.21. The smallest absolute Gasteiger partial charge is 0.417 e. The number of carbonyl (C=O) groups excluding carboxylic acids is 3. The first-order chi connectivity index (χ1) is 19.1. The molecule has 0 aliphatic carbocycles. The molecule has 0 saturated carbocycles. The van der Waals surface area contributed by atoms with E-state index in [1.54, 1.807) is 19.1 Å². The summed E-state index contributed by atoms with van der Waals surface area (Å²) in [5.41, 5.74) is -1.07. The van der Waals surface area contributed by atoms with Crippen molar-refractivity contribution >= 4 is 29.4 Å². The Balaban J connectivity index is 0.00000616. The zero-order chi connectivity index (χ0) is 30.6. The van der Waals surface area contributed by atoms with Crippen LogP contribution >= 0.6 is 11.6 Å². The summed E-state index contributed by atoms with van der Waals surface area (Å²) in [6.07, 6.45) is -6.15. The quantitative estimate of drug-likeness (QED) is 0.257. The van der Waals surface area contributed by atoms with Crippen LogP contribution in [0.4, 0.5) is 13.2 Å². The van der Waals surface area contributed by atoms with Gasteiger partial charge in [0.15, 0.2) is 0 Å². The van der Waals surface area contributed by atoms with Crippen LogP contribution in [0.5, 0.6) is 0 Å². The molecule has 0 aliphatic rings. The number of pyridine rings is 1. The van der Waals surface area contributed by atoms with Gasteiger partial charge >= 0.3 is 18.1 Å². The maximum absolute atomic E-state index is 13.8. The summed E-state index contributed by atoms with van der Waals surface area (Å²) in [7, 11) is 1.38. The number of amides is 1. The minimum Gasteiger partial charge on any atom is -0.426 e. The van der Waals surface area contributed by atoms with Gasteiger partial charge in [0.2, 0.25) is 6.29 Å². The lowest BCUT2D eigenvalue weighted by atomic mass is 9.97. The number of rotatable bonds is 8. The van der Waals surface area contributed by atoms with E-state index in [0.29, 0.717) is 11.1 Å². The van der Waals surface area contributed by atoms with Crippen LogP contribution in [0.3, 0.4) is 0 Å². The van der Waals surface area contributed by atoms with Gasteiger partial charge < -0.3 is 19.4 Å². The molecule has 2 atom stereocenters. The molecule has 1 heterocycles. The molecule has 42 heavy (non-hydrogen) atoms. The van der Waals surface area contributed by atoms with Crippen molar-refractivity contribution in [3.05, 3.63) is 91.9 Å². The summed E-state index contributed by atoms with van der Waals surface area (Å²) >= 11 is 6.20. The number of hydrogen-bond acceptors (Lipinski definition) is 6. The highest BCUT2D eigenvalue weighted by Crippen LogP contribution is 2.36. The average molecular weight is 609 g/mol. The number of nitrogens with one attached hydrogen (secondary N) is 1. The number of hydrogen-bond donors (Lipinski definition) is 1. The fourth-order valence-electron chi connectivity index (χ4n) is 4.21. The lowest BCUT2D eigenvalue weighted by molar-refractivity contribution is -0.184. The molecule has 2 unspecified atom stereocenters. The third-order valence-electron chi connectivity index (χ3n) is 6.31. The van der Waals surface area contributed by atoms with Crippen LogP contribution in [-0.4, -0.2) is 34.7 Å². The molecule has 0 saturated heterocycles. The first-order valence-electron chi connectivity index (χ1n) is 12.4. The topological polar surface area (TPSA) is 104 Å². The number of alkyl halides is 3. The van der Waals surface area contributed by atoms with E-state index in [2.05, 4.69) is 5.32 Å². The van der Waals surface area contributed by atoms with E-state index in [-0.39, 0.29) is 35.7 Å². The zero-order valence-corrected chi connectivity index (χ0v) is 23.6. The fraction of sp³-hybridized carbons (Fsp3) is 0.333. The van der Waals surface area contributed by atoms with Crippen molar-refractivity contribution in [1.82, 2.24) is 9.88 Å². The molecule has 226 valence electrons. The first kappa shape index (κ1) is 34.1. The van der Waals surface area contributed by atoms with Gasteiger partial charge in [-0.15, -0.1) is 0 Å². The van der Waals surface area contributed by atoms with Crippen molar-refractivity contribution in [2.24, 2.45) is 7.05 Å². The SMILES string of the molecule is C.CC(=O)OC(C)OC(=O)C(Cc1ccc(-c2c(C(F)(F)F)cc(C)n(C)c2=O)cc1)NC(=O)c1c(C)cccc1Cl.